The van der Waals surface area contributed by atoms with E-state index < -0.39 is 16.1 Å². The monoisotopic (exact) mass is 434 g/mol. The number of ether oxygens (including phenoxy) is 2. The van der Waals surface area contributed by atoms with Gasteiger partial charge in [-0.2, -0.15) is 0 Å². The van der Waals surface area contributed by atoms with Crippen LogP contribution in [0.15, 0.2) is 41.3 Å². The normalized spacial score (nSPS) is 15.1. The number of methoxy groups -OCH3 is 2. The molecule has 0 aromatic heterocycles. The smallest absolute Gasteiger partial charge is 0.293 e. The van der Waals surface area contributed by atoms with Gasteiger partial charge in [-0.25, -0.2) is 0 Å². The second-order valence-electron chi connectivity index (χ2n) is 5.92. The Morgan fingerprint density at radius 1 is 1.14 bits per heavy atom. The molecule has 0 bridgehead atoms. The van der Waals surface area contributed by atoms with Crippen molar-refractivity contribution in [2.45, 2.75) is 6.54 Å². The van der Waals surface area contributed by atoms with E-state index in [2.05, 4.69) is 0 Å². The Bertz CT molecular complexity index is 1020. The van der Waals surface area contributed by atoms with Gasteiger partial charge >= 0.3 is 0 Å². The van der Waals surface area contributed by atoms with E-state index in [0.717, 1.165) is 22.2 Å². The first-order valence-electron chi connectivity index (χ1n) is 8.24. The molecule has 150 valence electrons. The van der Waals surface area contributed by atoms with Crippen LogP contribution in [0.4, 0.5) is 10.5 Å². The summed E-state index contributed by atoms with van der Waals surface area (Å²) in [4.78, 5) is 37.0. The zero-order valence-corrected chi connectivity index (χ0v) is 17.0. The van der Waals surface area contributed by atoms with Gasteiger partial charge in [-0.3, -0.25) is 24.6 Å². The van der Waals surface area contributed by atoms with Crippen molar-refractivity contribution >= 4 is 46.3 Å². The Balaban J connectivity index is 1.94. The molecule has 2 aromatic rings. The van der Waals surface area contributed by atoms with Crippen LogP contribution < -0.4 is 9.47 Å². The molecule has 0 aliphatic carbocycles. The number of amides is 2. The first-order valence-corrected chi connectivity index (χ1v) is 9.43. The lowest BCUT2D eigenvalue weighted by Gasteiger charge is -2.12. The molecule has 0 radical (unpaired) electrons. The summed E-state index contributed by atoms with van der Waals surface area (Å²) in [6.07, 6.45) is 1.31. The summed E-state index contributed by atoms with van der Waals surface area (Å²) >= 11 is 6.57. The molecule has 0 saturated carbocycles. The van der Waals surface area contributed by atoms with E-state index in [4.69, 9.17) is 21.1 Å². The number of carbonyl (C=O) groups excluding carboxylic acids is 2. The molecule has 1 heterocycles. The minimum Gasteiger partial charge on any atom is -0.493 e. The highest BCUT2D eigenvalue weighted by Gasteiger charge is 2.35. The number of imide groups is 1. The van der Waals surface area contributed by atoms with Gasteiger partial charge < -0.3 is 9.47 Å². The first-order chi connectivity index (χ1) is 13.8. The van der Waals surface area contributed by atoms with E-state index in [1.54, 1.807) is 24.3 Å². The largest absolute Gasteiger partial charge is 0.493 e. The van der Waals surface area contributed by atoms with Gasteiger partial charge in [0.25, 0.3) is 16.8 Å². The highest BCUT2D eigenvalue weighted by atomic mass is 35.5. The minimum absolute atomic E-state index is 0.0766. The topological polar surface area (TPSA) is 99.0 Å². The lowest BCUT2D eigenvalue weighted by Crippen LogP contribution is -2.27. The number of benzene rings is 2. The van der Waals surface area contributed by atoms with E-state index in [0.29, 0.717) is 5.02 Å². The third-order valence-corrected chi connectivity index (χ3v) is 5.30. The van der Waals surface area contributed by atoms with Gasteiger partial charge in [-0.1, -0.05) is 23.7 Å². The highest BCUT2D eigenvalue weighted by Crippen LogP contribution is 2.39. The Morgan fingerprint density at radius 3 is 2.34 bits per heavy atom. The Hall–Kier alpha value is -3.04. The average Bonchev–Trinajstić information content (AvgIpc) is 2.96. The fourth-order valence-corrected chi connectivity index (χ4v) is 3.66. The van der Waals surface area contributed by atoms with Gasteiger partial charge in [0, 0.05) is 5.02 Å². The molecule has 1 fully saturated rings. The summed E-state index contributed by atoms with van der Waals surface area (Å²) in [6.45, 7) is 0.0766. The van der Waals surface area contributed by atoms with Gasteiger partial charge in [-0.15, -0.1) is 0 Å². The van der Waals surface area contributed by atoms with Gasteiger partial charge in [0.1, 0.15) is 0 Å². The maximum atomic E-state index is 12.7. The average molecular weight is 435 g/mol. The standard InChI is InChI=1S/C19H15ClN2O6S/c1-27-15-7-12(14(22(25)26)9-16(15)28-2)8-17-18(23)21(19(24)29-17)10-11-3-5-13(20)6-4-11/h3-9H,10H2,1-2H3/b17-8+. The zero-order chi connectivity index (χ0) is 21.1. The molecule has 0 N–H and O–H groups in total. The number of carbonyl (C=O) groups is 2. The fourth-order valence-electron chi connectivity index (χ4n) is 2.71. The van der Waals surface area contributed by atoms with Crippen LogP contribution in [0.2, 0.25) is 5.02 Å². The van der Waals surface area contributed by atoms with Crippen LogP contribution >= 0.6 is 23.4 Å². The third kappa shape index (κ3) is 4.36. The fraction of sp³-hybridized carbons (Fsp3) is 0.158. The van der Waals surface area contributed by atoms with Crippen LogP contribution in [0.5, 0.6) is 11.5 Å². The summed E-state index contributed by atoms with van der Waals surface area (Å²) in [7, 11) is 2.76. The van der Waals surface area contributed by atoms with Crippen molar-refractivity contribution in [1.29, 1.82) is 0 Å². The van der Waals surface area contributed by atoms with Crippen molar-refractivity contribution in [3.05, 3.63) is 67.6 Å². The van der Waals surface area contributed by atoms with Crippen molar-refractivity contribution in [3.63, 3.8) is 0 Å². The molecule has 2 aromatic carbocycles. The number of hydrogen-bond acceptors (Lipinski definition) is 7. The molecule has 0 atom stereocenters. The van der Waals surface area contributed by atoms with Crippen molar-refractivity contribution in [2.24, 2.45) is 0 Å². The number of nitro groups is 1. The summed E-state index contributed by atoms with van der Waals surface area (Å²) in [5.74, 6) is -0.0732. The third-order valence-electron chi connectivity index (χ3n) is 4.14. The predicted molar refractivity (Wildman–Crippen MR) is 109 cm³/mol. The first kappa shape index (κ1) is 20.7. The molecular formula is C19H15ClN2O6S. The van der Waals surface area contributed by atoms with Crippen molar-refractivity contribution in [1.82, 2.24) is 4.90 Å². The number of nitro benzene ring substituents is 1. The SMILES string of the molecule is COc1cc(/C=C2/SC(=O)N(Cc3ccc(Cl)cc3)C2=O)c([N+](=O)[O-])cc1OC. The van der Waals surface area contributed by atoms with Crippen LogP contribution in [-0.2, 0) is 11.3 Å². The van der Waals surface area contributed by atoms with E-state index in [9.17, 15) is 19.7 Å². The highest BCUT2D eigenvalue weighted by molar-refractivity contribution is 8.18. The summed E-state index contributed by atoms with van der Waals surface area (Å²) in [5.41, 5.74) is 0.590. The molecule has 1 aliphatic rings. The van der Waals surface area contributed by atoms with Crippen LogP contribution in [0.3, 0.4) is 0 Å². The maximum absolute atomic E-state index is 12.7. The Labute approximate surface area is 175 Å². The molecule has 1 saturated heterocycles. The molecule has 0 unspecified atom stereocenters. The summed E-state index contributed by atoms with van der Waals surface area (Å²) in [6, 6.07) is 9.37. The minimum atomic E-state index is -0.592. The van der Waals surface area contributed by atoms with Crippen molar-refractivity contribution in [3.8, 4) is 11.5 Å². The Kier molecular flexibility index (Phi) is 6.09. The van der Waals surface area contributed by atoms with Gasteiger partial charge in [0.15, 0.2) is 11.5 Å². The van der Waals surface area contributed by atoms with Crippen molar-refractivity contribution in [2.75, 3.05) is 14.2 Å². The molecule has 29 heavy (non-hydrogen) atoms. The second-order valence-corrected chi connectivity index (χ2v) is 7.35. The zero-order valence-electron chi connectivity index (χ0n) is 15.4. The number of hydrogen-bond donors (Lipinski definition) is 0. The van der Waals surface area contributed by atoms with Crippen molar-refractivity contribution < 1.29 is 24.0 Å². The van der Waals surface area contributed by atoms with Crippen LogP contribution in [0.1, 0.15) is 11.1 Å². The lowest BCUT2D eigenvalue weighted by atomic mass is 10.1. The number of rotatable bonds is 6. The van der Waals surface area contributed by atoms with E-state index in [1.807, 2.05) is 0 Å². The molecule has 8 nitrogen and oxygen atoms in total. The molecule has 0 spiro atoms. The second kappa shape index (κ2) is 8.54. The molecular weight excluding hydrogens is 420 g/mol. The predicted octanol–water partition coefficient (Wildman–Crippen LogP) is 4.50. The van der Waals surface area contributed by atoms with E-state index in [-0.39, 0.29) is 34.2 Å². The molecule has 3 rings (SSSR count). The number of halogens is 1. The maximum Gasteiger partial charge on any atom is 0.293 e. The van der Waals surface area contributed by atoms with Crippen LogP contribution in [0, 0.1) is 10.1 Å². The number of nitrogens with zero attached hydrogens (tertiary/aromatic N) is 2. The van der Waals surface area contributed by atoms with Crippen LogP contribution in [0.25, 0.3) is 6.08 Å². The molecule has 10 heteroatoms. The summed E-state index contributed by atoms with van der Waals surface area (Å²) in [5, 5.41) is 11.5. The Morgan fingerprint density at radius 2 is 1.76 bits per heavy atom. The van der Waals surface area contributed by atoms with Crippen LogP contribution in [-0.4, -0.2) is 35.2 Å². The molecule has 1 aliphatic heterocycles. The van der Waals surface area contributed by atoms with E-state index >= 15 is 0 Å². The summed E-state index contributed by atoms with van der Waals surface area (Å²) < 4.78 is 10.3. The van der Waals surface area contributed by atoms with E-state index in [1.165, 1.54) is 32.4 Å². The quantitative estimate of drug-likeness (QED) is 0.375. The number of thioether (sulfide) groups is 1. The lowest BCUT2D eigenvalue weighted by molar-refractivity contribution is -0.385. The van der Waals surface area contributed by atoms with Gasteiger partial charge in [0.05, 0.1) is 42.2 Å². The van der Waals surface area contributed by atoms with Gasteiger partial charge in [-0.05, 0) is 41.6 Å². The van der Waals surface area contributed by atoms with Gasteiger partial charge in [0.2, 0.25) is 0 Å². The molecule has 2 amide bonds.